The molecule has 0 unspecified atom stereocenters. The van der Waals surface area contributed by atoms with Crippen LogP contribution in [0, 0.1) is 18.8 Å². The number of likely N-dealkylation sites (N-methyl/N-ethyl adjacent to an activating group) is 1. The van der Waals surface area contributed by atoms with Gasteiger partial charge in [-0.15, -0.1) is 0 Å². The fourth-order valence-corrected chi connectivity index (χ4v) is 1.81. The third-order valence-electron chi connectivity index (χ3n) is 3.02. The van der Waals surface area contributed by atoms with Gasteiger partial charge in [0, 0.05) is 17.7 Å². The molecule has 21 heavy (non-hydrogen) atoms. The Kier molecular flexibility index (Phi) is 6.44. The molecule has 0 saturated heterocycles. The molecule has 112 valence electrons. The molecule has 1 aromatic rings. The maximum Gasteiger partial charge on any atom is 0.325 e. The Balaban J connectivity index is 2.96. The minimum Gasteiger partial charge on any atom is -0.468 e. The second-order valence-electron chi connectivity index (χ2n) is 4.43. The number of aryl methyl sites for hydroxylation is 1. The third kappa shape index (κ3) is 4.62. The van der Waals surface area contributed by atoms with E-state index in [1.54, 1.807) is 18.2 Å². The fourth-order valence-electron chi connectivity index (χ4n) is 1.81. The van der Waals surface area contributed by atoms with Gasteiger partial charge in [0.05, 0.1) is 13.7 Å². The molecule has 0 fully saturated rings. The maximum absolute atomic E-state index is 12.4. The van der Waals surface area contributed by atoms with Gasteiger partial charge in [0.1, 0.15) is 6.54 Å². The molecule has 0 aromatic heterocycles. The van der Waals surface area contributed by atoms with Crippen LogP contribution in [0.4, 0.5) is 0 Å². The molecule has 0 heterocycles. The van der Waals surface area contributed by atoms with E-state index in [1.165, 1.54) is 12.0 Å². The normalized spacial score (nSPS) is 9.52. The second-order valence-corrected chi connectivity index (χ2v) is 4.43. The highest BCUT2D eigenvalue weighted by Gasteiger charge is 2.18. The molecule has 0 atom stereocenters. The summed E-state index contributed by atoms with van der Waals surface area (Å²) in [5.41, 5.74) is 7.61. The number of nitrogens with two attached hydrogens (primary N) is 1. The van der Waals surface area contributed by atoms with Crippen molar-refractivity contribution in [1.82, 2.24) is 4.90 Å². The first-order valence-electron chi connectivity index (χ1n) is 6.69. The summed E-state index contributed by atoms with van der Waals surface area (Å²) in [6.07, 6.45) is 0. The highest BCUT2D eigenvalue weighted by atomic mass is 16.5. The first-order valence-corrected chi connectivity index (χ1v) is 6.69. The Labute approximate surface area is 125 Å². The van der Waals surface area contributed by atoms with Crippen molar-refractivity contribution in [3.63, 3.8) is 0 Å². The van der Waals surface area contributed by atoms with Crippen molar-refractivity contribution in [2.45, 2.75) is 13.8 Å². The van der Waals surface area contributed by atoms with Gasteiger partial charge < -0.3 is 15.4 Å². The van der Waals surface area contributed by atoms with Gasteiger partial charge >= 0.3 is 5.97 Å². The smallest absolute Gasteiger partial charge is 0.325 e. The highest BCUT2D eigenvalue weighted by Crippen LogP contribution is 2.12. The van der Waals surface area contributed by atoms with Crippen molar-refractivity contribution in [2.24, 2.45) is 5.73 Å². The number of hydrogen-bond donors (Lipinski definition) is 1. The molecule has 0 bridgehead atoms. The lowest BCUT2D eigenvalue weighted by Gasteiger charge is -2.19. The van der Waals surface area contributed by atoms with E-state index in [9.17, 15) is 9.59 Å². The summed E-state index contributed by atoms with van der Waals surface area (Å²) >= 11 is 0. The minimum absolute atomic E-state index is 0.0559. The number of esters is 1. The van der Waals surface area contributed by atoms with E-state index in [4.69, 9.17) is 5.73 Å². The lowest BCUT2D eigenvalue weighted by atomic mass is 10.0. The van der Waals surface area contributed by atoms with Gasteiger partial charge in [0.15, 0.2) is 0 Å². The maximum atomic E-state index is 12.4. The first-order chi connectivity index (χ1) is 10.0. The van der Waals surface area contributed by atoms with Crippen LogP contribution in [0.2, 0.25) is 0 Å². The molecule has 1 rings (SSSR count). The Bertz CT molecular complexity index is 585. The SMILES string of the molecule is CCN(CC(=O)OC)C(=O)c1ccc(C#CCN)c(C)c1. The van der Waals surface area contributed by atoms with Crippen LogP contribution in [0.25, 0.3) is 0 Å². The quantitative estimate of drug-likeness (QED) is 0.661. The van der Waals surface area contributed by atoms with E-state index in [-0.39, 0.29) is 12.5 Å². The van der Waals surface area contributed by atoms with Gasteiger partial charge in [-0.1, -0.05) is 11.8 Å². The summed E-state index contributed by atoms with van der Waals surface area (Å²) in [4.78, 5) is 25.1. The second kappa shape index (κ2) is 8.08. The van der Waals surface area contributed by atoms with Crippen LogP contribution in [0.1, 0.15) is 28.4 Å². The number of carbonyl (C=O) groups is 2. The summed E-state index contributed by atoms with van der Waals surface area (Å²) in [5.74, 6) is 5.09. The molecule has 0 aliphatic heterocycles. The van der Waals surface area contributed by atoms with Gasteiger partial charge in [-0.3, -0.25) is 9.59 Å². The van der Waals surface area contributed by atoms with Crippen molar-refractivity contribution in [3.8, 4) is 11.8 Å². The van der Waals surface area contributed by atoms with E-state index >= 15 is 0 Å². The zero-order valence-corrected chi connectivity index (χ0v) is 12.6. The molecule has 1 amide bonds. The van der Waals surface area contributed by atoms with Crippen LogP contribution in [0.3, 0.4) is 0 Å². The van der Waals surface area contributed by atoms with Crippen LogP contribution < -0.4 is 5.73 Å². The number of carbonyl (C=O) groups excluding carboxylic acids is 2. The molecule has 0 saturated carbocycles. The molecule has 0 aliphatic rings. The van der Waals surface area contributed by atoms with Crippen molar-refractivity contribution >= 4 is 11.9 Å². The highest BCUT2D eigenvalue weighted by molar-refractivity contribution is 5.96. The number of methoxy groups -OCH3 is 1. The van der Waals surface area contributed by atoms with E-state index in [2.05, 4.69) is 16.6 Å². The van der Waals surface area contributed by atoms with Crippen LogP contribution in [0.15, 0.2) is 18.2 Å². The van der Waals surface area contributed by atoms with Crippen LogP contribution >= 0.6 is 0 Å². The average molecular weight is 288 g/mol. The molecule has 5 heteroatoms. The Morgan fingerprint density at radius 3 is 2.62 bits per heavy atom. The molecule has 0 radical (unpaired) electrons. The van der Waals surface area contributed by atoms with E-state index in [0.717, 1.165) is 11.1 Å². The molecule has 0 aliphatic carbocycles. The number of hydrogen-bond acceptors (Lipinski definition) is 4. The fraction of sp³-hybridized carbons (Fsp3) is 0.375. The van der Waals surface area contributed by atoms with Crippen LogP contribution in [-0.4, -0.2) is 43.5 Å². The number of rotatable bonds is 4. The Morgan fingerprint density at radius 2 is 2.10 bits per heavy atom. The van der Waals surface area contributed by atoms with Crippen LogP contribution in [0.5, 0.6) is 0 Å². The molecule has 2 N–H and O–H groups in total. The number of benzene rings is 1. The number of nitrogens with zero attached hydrogens (tertiary/aromatic N) is 1. The predicted molar refractivity (Wildman–Crippen MR) is 80.7 cm³/mol. The predicted octanol–water partition coefficient (Wildman–Crippen LogP) is 0.940. The van der Waals surface area contributed by atoms with Crippen LogP contribution in [-0.2, 0) is 9.53 Å². The number of ether oxygens (including phenoxy) is 1. The summed E-state index contributed by atoms with van der Waals surface area (Å²) in [5, 5.41) is 0. The summed E-state index contributed by atoms with van der Waals surface area (Å²) < 4.78 is 4.59. The molecular formula is C16H20N2O3. The molecule has 5 nitrogen and oxygen atoms in total. The van der Waals surface area contributed by atoms with Crippen molar-refractivity contribution < 1.29 is 14.3 Å². The van der Waals surface area contributed by atoms with Gasteiger partial charge in [-0.25, -0.2) is 0 Å². The van der Waals surface area contributed by atoms with Gasteiger partial charge in [-0.2, -0.15) is 0 Å². The lowest BCUT2D eigenvalue weighted by molar-refractivity contribution is -0.141. The van der Waals surface area contributed by atoms with Gasteiger partial charge in [-0.05, 0) is 37.6 Å². The summed E-state index contributed by atoms with van der Waals surface area (Å²) in [6.45, 7) is 4.37. The standard InChI is InChI=1S/C16H20N2O3/c1-4-18(11-15(19)21-3)16(20)14-8-7-13(6-5-9-17)12(2)10-14/h7-8,10H,4,9,11,17H2,1-3H3. The summed E-state index contributed by atoms with van der Waals surface area (Å²) in [7, 11) is 1.30. The monoisotopic (exact) mass is 288 g/mol. The van der Waals surface area contributed by atoms with E-state index < -0.39 is 5.97 Å². The summed E-state index contributed by atoms with van der Waals surface area (Å²) in [6, 6.07) is 5.26. The topological polar surface area (TPSA) is 72.6 Å². The first kappa shape index (κ1) is 16.7. The zero-order valence-electron chi connectivity index (χ0n) is 12.6. The van der Waals surface area contributed by atoms with Crippen molar-refractivity contribution in [1.29, 1.82) is 0 Å². The van der Waals surface area contributed by atoms with Crippen molar-refractivity contribution in [3.05, 3.63) is 34.9 Å². The lowest BCUT2D eigenvalue weighted by Crippen LogP contribution is -2.36. The number of amides is 1. The molecule has 1 aromatic carbocycles. The molecule has 0 spiro atoms. The zero-order chi connectivity index (χ0) is 15.8. The third-order valence-corrected chi connectivity index (χ3v) is 3.02. The average Bonchev–Trinajstić information content (AvgIpc) is 2.50. The Hall–Kier alpha value is -2.32. The van der Waals surface area contributed by atoms with Gasteiger partial charge in [0.25, 0.3) is 5.91 Å². The molecular weight excluding hydrogens is 268 g/mol. The van der Waals surface area contributed by atoms with Crippen molar-refractivity contribution in [2.75, 3.05) is 26.7 Å². The Morgan fingerprint density at radius 1 is 1.38 bits per heavy atom. The largest absolute Gasteiger partial charge is 0.468 e. The van der Waals surface area contributed by atoms with Gasteiger partial charge in [0.2, 0.25) is 0 Å². The van der Waals surface area contributed by atoms with E-state index in [0.29, 0.717) is 18.7 Å². The minimum atomic E-state index is -0.438. The van der Waals surface area contributed by atoms with E-state index in [1.807, 2.05) is 13.8 Å².